The second-order valence-corrected chi connectivity index (χ2v) is 4.39. The van der Waals surface area contributed by atoms with Gasteiger partial charge in [-0.2, -0.15) is 0 Å². The zero-order valence-corrected chi connectivity index (χ0v) is 9.88. The van der Waals surface area contributed by atoms with E-state index in [0.29, 0.717) is 11.2 Å². The van der Waals surface area contributed by atoms with Crippen LogP contribution in [0.5, 0.6) is 0 Å². The number of nitrogens with zero attached hydrogens (tertiary/aromatic N) is 2. The molecule has 13 heavy (non-hydrogen) atoms. The van der Waals surface area contributed by atoms with Gasteiger partial charge in [0.1, 0.15) is 0 Å². The number of alkyl halides is 1. The molecule has 0 saturated carbocycles. The molecule has 1 atom stereocenters. The maximum atomic E-state index is 11.2. The van der Waals surface area contributed by atoms with Crippen LogP contribution in [0.25, 0.3) is 0 Å². The van der Waals surface area contributed by atoms with Crippen molar-refractivity contribution in [1.82, 2.24) is 9.80 Å². The van der Waals surface area contributed by atoms with Crippen LogP contribution in [0.15, 0.2) is 0 Å². The fourth-order valence-corrected chi connectivity index (χ4v) is 2.19. The first-order valence-corrected chi connectivity index (χ1v) is 5.74. The Hall–Kier alpha value is -0.0900. The number of carbonyl (C=O) groups excluding carboxylic acids is 1. The number of carbonyl (C=O) groups is 1. The zero-order valence-electron chi connectivity index (χ0n) is 8.29. The number of hydrogen-bond acceptors (Lipinski definition) is 2. The van der Waals surface area contributed by atoms with Crippen LogP contribution < -0.4 is 0 Å². The normalized spacial score (nSPS) is 23.5. The van der Waals surface area contributed by atoms with Gasteiger partial charge in [-0.15, -0.1) is 0 Å². The van der Waals surface area contributed by atoms with Gasteiger partial charge in [0.15, 0.2) is 0 Å². The summed E-state index contributed by atoms with van der Waals surface area (Å²) in [7, 11) is 4.01. The molecule has 0 spiro atoms. The van der Waals surface area contributed by atoms with Gasteiger partial charge in [-0.1, -0.05) is 15.9 Å². The summed E-state index contributed by atoms with van der Waals surface area (Å²) in [4.78, 5) is 15.4. The van der Waals surface area contributed by atoms with E-state index in [4.69, 9.17) is 0 Å². The van der Waals surface area contributed by atoms with Crippen molar-refractivity contribution >= 4 is 21.8 Å². The Morgan fingerprint density at radius 3 is 2.85 bits per heavy atom. The lowest BCUT2D eigenvalue weighted by atomic mass is 10.1. The second kappa shape index (κ2) is 4.96. The molecule has 3 nitrogen and oxygen atoms in total. The molecule has 0 aromatic rings. The Balaban J connectivity index is 2.28. The van der Waals surface area contributed by atoms with Crippen molar-refractivity contribution in [3.05, 3.63) is 0 Å². The Morgan fingerprint density at radius 1 is 1.69 bits per heavy atom. The molecule has 1 rings (SSSR count). The van der Waals surface area contributed by atoms with Gasteiger partial charge >= 0.3 is 0 Å². The molecule has 0 N–H and O–H groups in total. The molecule has 0 radical (unpaired) electrons. The summed E-state index contributed by atoms with van der Waals surface area (Å²) < 4.78 is 0. The average Bonchev–Trinajstić information content (AvgIpc) is 2.49. The molecular weight excluding hydrogens is 232 g/mol. The summed E-state index contributed by atoms with van der Waals surface area (Å²) in [5.41, 5.74) is 0. The number of amides is 1. The van der Waals surface area contributed by atoms with Gasteiger partial charge in [0, 0.05) is 20.1 Å². The van der Waals surface area contributed by atoms with E-state index in [0.717, 1.165) is 13.1 Å². The van der Waals surface area contributed by atoms with Crippen LogP contribution >= 0.6 is 15.9 Å². The minimum Gasteiger partial charge on any atom is -0.345 e. The van der Waals surface area contributed by atoms with Gasteiger partial charge in [0.2, 0.25) is 5.91 Å². The van der Waals surface area contributed by atoms with Gasteiger partial charge in [-0.05, 0) is 25.9 Å². The molecule has 1 amide bonds. The monoisotopic (exact) mass is 248 g/mol. The second-order valence-electron chi connectivity index (χ2n) is 3.82. The lowest BCUT2D eigenvalue weighted by Crippen LogP contribution is -2.33. The SMILES string of the molecule is CN1CCC(CN(C)C(=O)CBr)C1. The minimum absolute atomic E-state index is 0.176. The molecule has 0 aliphatic carbocycles. The third-order valence-electron chi connectivity index (χ3n) is 2.56. The van der Waals surface area contributed by atoms with Crippen LogP contribution in [0.2, 0.25) is 0 Å². The lowest BCUT2D eigenvalue weighted by Gasteiger charge is -2.20. The Kier molecular flexibility index (Phi) is 4.19. The van der Waals surface area contributed by atoms with Gasteiger partial charge in [-0.25, -0.2) is 0 Å². The van der Waals surface area contributed by atoms with Crippen LogP contribution in [-0.2, 0) is 4.79 Å². The highest BCUT2D eigenvalue weighted by atomic mass is 79.9. The molecule has 1 aliphatic heterocycles. The predicted octanol–water partition coefficient (Wildman–Crippen LogP) is 0.791. The molecule has 76 valence electrons. The van der Waals surface area contributed by atoms with Crippen molar-refractivity contribution in [3.63, 3.8) is 0 Å². The summed E-state index contributed by atoms with van der Waals surface area (Å²) in [6.45, 7) is 3.19. The summed E-state index contributed by atoms with van der Waals surface area (Å²) in [6, 6.07) is 0. The predicted molar refractivity (Wildman–Crippen MR) is 57.0 cm³/mol. The van der Waals surface area contributed by atoms with Crippen LogP contribution in [0.1, 0.15) is 6.42 Å². The van der Waals surface area contributed by atoms with Crippen LogP contribution in [0.4, 0.5) is 0 Å². The molecule has 1 fully saturated rings. The number of rotatable bonds is 3. The first-order valence-electron chi connectivity index (χ1n) is 4.62. The van der Waals surface area contributed by atoms with E-state index >= 15 is 0 Å². The zero-order chi connectivity index (χ0) is 9.84. The van der Waals surface area contributed by atoms with Crippen molar-refractivity contribution in [1.29, 1.82) is 0 Å². The van der Waals surface area contributed by atoms with Gasteiger partial charge in [0.05, 0.1) is 5.33 Å². The van der Waals surface area contributed by atoms with E-state index in [2.05, 4.69) is 27.9 Å². The molecule has 1 saturated heterocycles. The highest BCUT2D eigenvalue weighted by Crippen LogP contribution is 2.15. The van der Waals surface area contributed by atoms with E-state index in [1.165, 1.54) is 13.0 Å². The Labute approximate surface area is 88.2 Å². The fraction of sp³-hybridized carbons (Fsp3) is 0.889. The van der Waals surface area contributed by atoms with E-state index in [1.807, 2.05) is 11.9 Å². The smallest absolute Gasteiger partial charge is 0.232 e. The lowest BCUT2D eigenvalue weighted by molar-refractivity contribution is -0.127. The molecule has 0 aromatic carbocycles. The fourth-order valence-electron chi connectivity index (χ4n) is 1.77. The minimum atomic E-state index is 0.176. The van der Waals surface area contributed by atoms with Crippen molar-refractivity contribution in [2.75, 3.05) is 39.1 Å². The first kappa shape index (κ1) is 11.0. The molecule has 1 heterocycles. The van der Waals surface area contributed by atoms with Gasteiger partial charge in [-0.3, -0.25) is 4.79 Å². The van der Waals surface area contributed by atoms with Gasteiger partial charge in [0.25, 0.3) is 0 Å². The molecule has 1 aliphatic rings. The molecule has 0 bridgehead atoms. The number of likely N-dealkylation sites (tertiary alicyclic amines) is 1. The average molecular weight is 249 g/mol. The topological polar surface area (TPSA) is 23.6 Å². The number of hydrogen-bond donors (Lipinski definition) is 0. The molecule has 1 unspecified atom stereocenters. The van der Waals surface area contributed by atoms with Crippen LogP contribution in [0.3, 0.4) is 0 Å². The Bertz CT molecular complexity index is 186. The van der Waals surface area contributed by atoms with E-state index in [-0.39, 0.29) is 5.91 Å². The van der Waals surface area contributed by atoms with Crippen molar-refractivity contribution < 1.29 is 4.79 Å². The highest BCUT2D eigenvalue weighted by Gasteiger charge is 2.21. The summed E-state index contributed by atoms with van der Waals surface area (Å²) in [6.07, 6.45) is 1.22. The first-order chi connectivity index (χ1) is 6.13. The van der Waals surface area contributed by atoms with Crippen molar-refractivity contribution in [3.8, 4) is 0 Å². The molecule has 4 heteroatoms. The van der Waals surface area contributed by atoms with Crippen molar-refractivity contribution in [2.45, 2.75) is 6.42 Å². The maximum absolute atomic E-state index is 11.2. The van der Waals surface area contributed by atoms with Crippen molar-refractivity contribution in [2.24, 2.45) is 5.92 Å². The third-order valence-corrected chi connectivity index (χ3v) is 3.04. The summed E-state index contributed by atoms with van der Waals surface area (Å²) >= 11 is 3.18. The van der Waals surface area contributed by atoms with Crippen LogP contribution in [0, 0.1) is 5.92 Å². The molecule has 0 aromatic heterocycles. The summed E-state index contributed by atoms with van der Waals surface area (Å²) in [5, 5.41) is 0.437. The van der Waals surface area contributed by atoms with E-state index < -0.39 is 0 Å². The quantitative estimate of drug-likeness (QED) is 0.690. The van der Waals surface area contributed by atoms with Gasteiger partial charge < -0.3 is 9.80 Å². The van der Waals surface area contributed by atoms with E-state index in [9.17, 15) is 4.79 Å². The largest absolute Gasteiger partial charge is 0.345 e. The summed E-state index contributed by atoms with van der Waals surface area (Å²) in [5.74, 6) is 0.840. The molecular formula is C9H17BrN2O. The van der Waals surface area contributed by atoms with E-state index in [1.54, 1.807) is 0 Å². The maximum Gasteiger partial charge on any atom is 0.232 e. The Morgan fingerprint density at radius 2 is 2.38 bits per heavy atom. The number of halogens is 1. The third kappa shape index (κ3) is 3.27. The van der Waals surface area contributed by atoms with Crippen LogP contribution in [-0.4, -0.2) is 54.8 Å². The highest BCUT2D eigenvalue weighted by molar-refractivity contribution is 9.09. The standard InChI is InChI=1S/C9H17BrN2O/c1-11-4-3-8(6-11)7-12(2)9(13)5-10/h8H,3-7H2,1-2H3.